The van der Waals surface area contributed by atoms with Crippen molar-refractivity contribution in [2.24, 2.45) is 0 Å². The average Bonchev–Trinajstić information content (AvgIpc) is 2.99. The third-order valence-electron chi connectivity index (χ3n) is 3.90. The van der Waals surface area contributed by atoms with Gasteiger partial charge in [-0.3, -0.25) is 9.88 Å². The minimum atomic E-state index is -3.23. The first-order valence-electron chi connectivity index (χ1n) is 7.18. The highest BCUT2D eigenvalue weighted by atomic mass is 32.2. The van der Waals surface area contributed by atoms with E-state index in [0.717, 1.165) is 49.7 Å². The molecule has 0 radical (unpaired) electrons. The van der Waals surface area contributed by atoms with Gasteiger partial charge in [0.25, 0.3) is 0 Å². The Kier molecular flexibility index (Phi) is 4.51. The predicted octanol–water partition coefficient (Wildman–Crippen LogP) is 1.72. The first kappa shape index (κ1) is 15.5. The third kappa shape index (κ3) is 3.50. The van der Waals surface area contributed by atoms with Crippen molar-refractivity contribution < 1.29 is 8.42 Å². The summed E-state index contributed by atoms with van der Waals surface area (Å²) in [5.74, 6) is 0.184. The van der Waals surface area contributed by atoms with E-state index in [2.05, 4.69) is 19.5 Å². The number of hydrogen-bond acceptors (Lipinski definition) is 7. The second-order valence-electron chi connectivity index (χ2n) is 5.59. The Morgan fingerprint density at radius 2 is 2.09 bits per heavy atom. The topological polar surface area (TPSA) is 76.1 Å². The van der Waals surface area contributed by atoms with Crippen LogP contribution in [-0.4, -0.2) is 47.2 Å². The molecular weight excluding hydrogens is 320 g/mol. The van der Waals surface area contributed by atoms with E-state index in [4.69, 9.17) is 0 Å². The first-order valence-corrected chi connectivity index (χ1v) is 9.85. The largest absolute Gasteiger partial charge is 0.297 e. The maximum atomic E-state index is 11.8. The van der Waals surface area contributed by atoms with Crippen LogP contribution in [0.5, 0.6) is 0 Å². The molecule has 1 saturated heterocycles. The predicted molar refractivity (Wildman–Crippen MR) is 84.5 cm³/mol. The zero-order valence-electron chi connectivity index (χ0n) is 12.3. The molecule has 22 heavy (non-hydrogen) atoms. The van der Waals surface area contributed by atoms with Crippen LogP contribution >= 0.6 is 11.5 Å². The van der Waals surface area contributed by atoms with E-state index >= 15 is 0 Å². The molecular formula is C14H18N4O2S2. The van der Waals surface area contributed by atoms with Gasteiger partial charge in [-0.05, 0) is 38.1 Å². The minimum absolute atomic E-state index is 0.184. The van der Waals surface area contributed by atoms with Gasteiger partial charge >= 0.3 is 0 Å². The molecule has 0 unspecified atom stereocenters. The highest BCUT2D eigenvalue weighted by molar-refractivity contribution is 7.92. The Labute approximate surface area is 134 Å². The molecule has 3 heterocycles. The molecule has 2 aromatic rings. The fraction of sp³-hybridized carbons (Fsp3) is 0.500. The summed E-state index contributed by atoms with van der Waals surface area (Å²) in [7, 11) is -3.23. The SMILES string of the molecule is CS(=O)(=O)c1snnc1C1CCN(Cc2ccccn2)CC1. The van der Waals surface area contributed by atoms with Crippen molar-refractivity contribution in [3.63, 3.8) is 0 Å². The molecule has 0 aliphatic carbocycles. The molecule has 118 valence electrons. The van der Waals surface area contributed by atoms with Gasteiger partial charge in [-0.1, -0.05) is 10.6 Å². The number of likely N-dealkylation sites (tertiary alicyclic amines) is 1. The fourth-order valence-electron chi connectivity index (χ4n) is 2.78. The molecule has 3 rings (SSSR count). The lowest BCUT2D eigenvalue weighted by Gasteiger charge is -2.31. The molecule has 0 amide bonds. The van der Waals surface area contributed by atoms with Gasteiger partial charge in [0, 0.05) is 36.4 Å². The van der Waals surface area contributed by atoms with Gasteiger partial charge in [-0.15, -0.1) is 5.10 Å². The van der Waals surface area contributed by atoms with Crippen LogP contribution in [0.4, 0.5) is 0 Å². The summed E-state index contributed by atoms with van der Waals surface area (Å²) in [5, 5.41) is 4.07. The zero-order valence-corrected chi connectivity index (χ0v) is 14.0. The van der Waals surface area contributed by atoms with Crippen LogP contribution in [0.1, 0.15) is 30.1 Å². The van der Waals surface area contributed by atoms with Gasteiger partial charge in [0.05, 0.1) is 11.4 Å². The molecule has 6 nitrogen and oxygen atoms in total. The summed E-state index contributed by atoms with van der Waals surface area (Å²) in [5.41, 5.74) is 1.72. The van der Waals surface area contributed by atoms with Crippen molar-refractivity contribution >= 4 is 21.4 Å². The summed E-state index contributed by atoms with van der Waals surface area (Å²) >= 11 is 0.981. The molecule has 1 fully saturated rings. The van der Waals surface area contributed by atoms with Gasteiger partial charge in [-0.2, -0.15) is 0 Å². The summed E-state index contributed by atoms with van der Waals surface area (Å²) in [6, 6.07) is 5.93. The Morgan fingerprint density at radius 1 is 1.32 bits per heavy atom. The van der Waals surface area contributed by atoms with E-state index < -0.39 is 9.84 Å². The third-order valence-corrected chi connectivity index (χ3v) is 6.46. The minimum Gasteiger partial charge on any atom is -0.297 e. The monoisotopic (exact) mass is 338 g/mol. The normalized spacial score (nSPS) is 17.7. The van der Waals surface area contributed by atoms with Crippen molar-refractivity contribution in [3.05, 3.63) is 35.8 Å². The average molecular weight is 338 g/mol. The number of piperidine rings is 1. The van der Waals surface area contributed by atoms with Crippen molar-refractivity contribution in [2.45, 2.75) is 29.5 Å². The molecule has 0 N–H and O–H groups in total. The molecule has 1 aliphatic heterocycles. The van der Waals surface area contributed by atoms with Crippen LogP contribution < -0.4 is 0 Å². The lowest BCUT2D eigenvalue weighted by atomic mass is 9.94. The molecule has 0 bridgehead atoms. The molecule has 0 spiro atoms. The summed E-state index contributed by atoms with van der Waals surface area (Å²) in [6.07, 6.45) is 4.84. The fourth-order valence-corrected chi connectivity index (χ4v) is 4.51. The lowest BCUT2D eigenvalue weighted by molar-refractivity contribution is 0.200. The first-order chi connectivity index (χ1) is 10.5. The summed E-state index contributed by atoms with van der Waals surface area (Å²) in [6.45, 7) is 2.67. The van der Waals surface area contributed by atoms with Crippen LogP contribution in [0, 0.1) is 0 Å². The second-order valence-corrected chi connectivity index (χ2v) is 8.55. The zero-order chi connectivity index (χ0) is 15.6. The van der Waals surface area contributed by atoms with Crippen molar-refractivity contribution in [3.8, 4) is 0 Å². The van der Waals surface area contributed by atoms with E-state index in [-0.39, 0.29) is 5.92 Å². The van der Waals surface area contributed by atoms with Gasteiger partial charge < -0.3 is 0 Å². The van der Waals surface area contributed by atoms with Crippen LogP contribution in [0.3, 0.4) is 0 Å². The number of sulfone groups is 1. The maximum Gasteiger partial charge on any atom is 0.188 e. The Bertz CT molecular complexity index is 722. The van der Waals surface area contributed by atoms with E-state index in [0.29, 0.717) is 9.90 Å². The van der Waals surface area contributed by atoms with Crippen LogP contribution in [0.2, 0.25) is 0 Å². The lowest BCUT2D eigenvalue weighted by Crippen LogP contribution is -2.33. The molecule has 1 aliphatic rings. The van der Waals surface area contributed by atoms with Crippen molar-refractivity contribution in [2.75, 3.05) is 19.3 Å². The van der Waals surface area contributed by atoms with Crippen molar-refractivity contribution in [1.29, 1.82) is 0 Å². The second kappa shape index (κ2) is 6.39. The highest BCUT2D eigenvalue weighted by Gasteiger charge is 2.28. The van der Waals surface area contributed by atoms with Crippen LogP contribution in [0.15, 0.2) is 28.6 Å². The van der Waals surface area contributed by atoms with Crippen LogP contribution in [-0.2, 0) is 16.4 Å². The summed E-state index contributed by atoms with van der Waals surface area (Å²) in [4.78, 5) is 6.69. The molecule has 0 saturated carbocycles. The van der Waals surface area contributed by atoms with Gasteiger partial charge in [0.2, 0.25) is 0 Å². The standard InChI is InChI=1S/C14H18N4O2S2/c1-22(19,20)14-13(16-17-21-14)11-5-8-18(9-6-11)10-12-4-2-3-7-15-12/h2-4,7,11H,5-6,8-10H2,1H3. The van der Waals surface area contributed by atoms with E-state index in [9.17, 15) is 8.42 Å². The molecule has 0 atom stereocenters. The quantitative estimate of drug-likeness (QED) is 0.845. The smallest absolute Gasteiger partial charge is 0.188 e. The van der Waals surface area contributed by atoms with E-state index in [1.54, 1.807) is 6.20 Å². The maximum absolute atomic E-state index is 11.8. The van der Waals surface area contributed by atoms with Gasteiger partial charge in [0.15, 0.2) is 14.0 Å². The highest BCUT2D eigenvalue weighted by Crippen LogP contribution is 2.32. The Balaban J connectivity index is 1.64. The number of hydrogen-bond donors (Lipinski definition) is 0. The molecule has 8 heteroatoms. The Morgan fingerprint density at radius 3 is 2.73 bits per heavy atom. The number of pyridine rings is 1. The van der Waals surface area contributed by atoms with E-state index in [1.165, 1.54) is 6.26 Å². The summed E-state index contributed by atoms with van der Waals surface area (Å²) < 4.78 is 27.7. The molecule has 0 aromatic carbocycles. The van der Waals surface area contributed by atoms with Gasteiger partial charge in [0.1, 0.15) is 0 Å². The number of rotatable bonds is 4. The van der Waals surface area contributed by atoms with E-state index in [1.807, 2.05) is 18.2 Å². The molecule has 2 aromatic heterocycles. The van der Waals surface area contributed by atoms with Gasteiger partial charge in [-0.25, -0.2) is 8.42 Å². The number of aromatic nitrogens is 3. The van der Waals surface area contributed by atoms with Crippen LogP contribution in [0.25, 0.3) is 0 Å². The van der Waals surface area contributed by atoms with Crippen molar-refractivity contribution in [1.82, 2.24) is 19.5 Å². The number of nitrogens with zero attached hydrogens (tertiary/aromatic N) is 4. The Hall–Kier alpha value is -1.38.